The van der Waals surface area contributed by atoms with Crippen molar-refractivity contribution in [3.63, 3.8) is 0 Å². The molecule has 4 rings (SSSR count). The van der Waals surface area contributed by atoms with E-state index in [2.05, 4.69) is 49.9 Å². The third kappa shape index (κ3) is 7.82. The van der Waals surface area contributed by atoms with E-state index >= 15 is 0 Å². The predicted octanol–water partition coefficient (Wildman–Crippen LogP) is 3.28. The fraction of sp³-hybridized carbons (Fsp3) is 0.433. The van der Waals surface area contributed by atoms with Crippen molar-refractivity contribution in [2.45, 2.75) is 61.1 Å². The van der Waals surface area contributed by atoms with E-state index in [-0.39, 0.29) is 11.8 Å². The van der Waals surface area contributed by atoms with Crippen LogP contribution in [-0.4, -0.2) is 55.0 Å². The molecular weight excluding hydrogens is 607 g/mol. The number of ether oxygens (including phenoxy) is 1. The standard InChI is InChI=1S/C30H37IN4O4/c1-21-27(36)35-25(19-22-8-6-9-23(18-22)20-31)28(37)32-15-7-11-24-10-2-3-12-26(24)39-17-16-33-30(29(38)34-21)13-4-5-14-30/h2-3,6-12,18,21,25,33H,4-5,13-17,19-20H2,1H3,(H,32,37)(H,34,38)(H,35,36)/b11-7+/t21-,25+/m1/s1. The molecule has 2 atom stereocenters. The maximum absolute atomic E-state index is 13.4. The van der Waals surface area contributed by atoms with E-state index in [0.717, 1.165) is 39.7 Å². The molecule has 1 aliphatic carbocycles. The maximum Gasteiger partial charge on any atom is 0.243 e. The van der Waals surface area contributed by atoms with Crippen LogP contribution in [0.4, 0.5) is 0 Å². The highest BCUT2D eigenvalue weighted by Gasteiger charge is 2.41. The number of carbonyl (C=O) groups excluding carboxylic acids is 3. The molecule has 0 unspecified atom stereocenters. The molecule has 0 saturated heterocycles. The van der Waals surface area contributed by atoms with Crippen LogP contribution in [0.3, 0.4) is 0 Å². The first kappa shape index (κ1) is 29.1. The van der Waals surface area contributed by atoms with E-state index in [9.17, 15) is 14.4 Å². The van der Waals surface area contributed by atoms with Gasteiger partial charge in [0.15, 0.2) is 0 Å². The molecule has 39 heavy (non-hydrogen) atoms. The zero-order valence-electron chi connectivity index (χ0n) is 22.3. The lowest BCUT2D eigenvalue weighted by Crippen LogP contribution is -2.60. The summed E-state index contributed by atoms with van der Waals surface area (Å²) in [6.45, 7) is 2.85. The van der Waals surface area contributed by atoms with E-state index in [4.69, 9.17) is 4.74 Å². The van der Waals surface area contributed by atoms with Crippen molar-refractivity contribution in [2.24, 2.45) is 0 Å². The lowest BCUT2D eigenvalue weighted by Gasteiger charge is -2.31. The highest BCUT2D eigenvalue weighted by atomic mass is 127. The summed E-state index contributed by atoms with van der Waals surface area (Å²) in [7, 11) is 0. The van der Waals surface area contributed by atoms with Gasteiger partial charge in [-0.1, -0.05) is 90.0 Å². The van der Waals surface area contributed by atoms with Crippen LogP contribution in [0, 0.1) is 0 Å². The van der Waals surface area contributed by atoms with Crippen LogP contribution < -0.4 is 26.0 Å². The molecule has 3 amide bonds. The number of fused-ring (bicyclic) bond motifs is 1. The molecule has 9 heteroatoms. The van der Waals surface area contributed by atoms with E-state index in [1.807, 2.05) is 54.6 Å². The van der Waals surface area contributed by atoms with Gasteiger partial charge in [0.05, 0.1) is 5.54 Å². The van der Waals surface area contributed by atoms with Crippen molar-refractivity contribution < 1.29 is 19.1 Å². The normalized spacial score (nSPS) is 23.4. The summed E-state index contributed by atoms with van der Waals surface area (Å²) in [6, 6.07) is 14.1. The number of hydrogen-bond acceptors (Lipinski definition) is 5. The Labute approximate surface area is 243 Å². The number of halogens is 1. The van der Waals surface area contributed by atoms with Crippen molar-refractivity contribution in [3.05, 3.63) is 71.3 Å². The Morgan fingerprint density at radius 2 is 1.74 bits per heavy atom. The molecule has 1 saturated carbocycles. The lowest BCUT2D eigenvalue weighted by molar-refractivity contribution is -0.134. The highest BCUT2D eigenvalue weighted by molar-refractivity contribution is 14.1. The van der Waals surface area contributed by atoms with Crippen molar-refractivity contribution in [1.29, 1.82) is 0 Å². The monoisotopic (exact) mass is 644 g/mol. The third-order valence-electron chi connectivity index (χ3n) is 7.28. The Balaban J connectivity index is 1.58. The minimum atomic E-state index is -0.797. The molecule has 1 heterocycles. The van der Waals surface area contributed by atoms with Gasteiger partial charge < -0.3 is 20.7 Å². The number of nitrogens with one attached hydrogen (secondary N) is 4. The summed E-state index contributed by atoms with van der Waals surface area (Å²) in [5.74, 6) is -0.133. The summed E-state index contributed by atoms with van der Waals surface area (Å²) in [5, 5.41) is 12.1. The molecule has 2 aliphatic rings. The molecule has 1 aliphatic heterocycles. The molecular formula is C30H37IN4O4. The fourth-order valence-electron chi connectivity index (χ4n) is 5.11. The van der Waals surface area contributed by atoms with Crippen LogP contribution in [0.15, 0.2) is 54.6 Å². The van der Waals surface area contributed by atoms with Crippen LogP contribution in [0.5, 0.6) is 5.75 Å². The molecule has 1 spiro atoms. The number of rotatable bonds is 3. The number of hydrogen-bond donors (Lipinski definition) is 4. The first-order chi connectivity index (χ1) is 18.9. The van der Waals surface area contributed by atoms with Crippen LogP contribution in [0.1, 0.15) is 49.3 Å². The van der Waals surface area contributed by atoms with Gasteiger partial charge in [-0.05, 0) is 37.0 Å². The number of alkyl halides is 1. The van der Waals surface area contributed by atoms with E-state index < -0.39 is 23.5 Å². The van der Waals surface area contributed by atoms with Crippen molar-refractivity contribution in [1.82, 2.24) is 21.3 Å². The number of para-hydroxylation sites is 1. The first-order valence-electron chi connectivity index (χ1n) is 13.6. The summed E-state index contributed by atoms with van der Waals surface area (Å²) in [5.41, 5.74) is 2.27. The van der Waals surface area contributed by atoms with Crippen LogP contribution >= 0.6 is 22.6 Å². The van der Waals surface area contributed by atoms with Gasteiger partial charge in [-0.3, -0.25) is 19.7 Å². The Hall–Kier alpha value is -2.92. The molecule has 1 fully saturated rings. The molecule has 0 bridgehead atoms. The number of benzene rings is 2. The third-order valence-corrected chi connectivity index (χ3v) is 8.17. The van der Waals surface area contributed by atoms with Crippen molar-refractivity contribution in [3.8, 4) is 5.75 Å². The minimum Gasteiger partial charge on any atom is -0.492 e. The van der Waals surface area contributed by atoms with Gasteiger partial charge in [0.2, 0.25) is 17.7 Å². The zero-order valence-corrected chi connectivity index (χ0v) is 24.5. The minimum absolute atomic E-state index is 0.192. The average molecular weight is 645 g/mol. The number of carbonyl (C=O) groups is 3. The SMILES string of the molecule is C[C@H]1NC(=O)C2(CCCC2)NCCOc2ccccc2/C=C/CNC(=O)[C@H](Cc2cccc(CI)c2)NC1=O. The van der Waals surface area contributed by atoms with Gasteiger partial charge in [-0.25, -0.2) is 0 Å². The maximum atomic E-state index is 13.4. The molecule has 4 N–H and O–H groups in total. The second-order valence-corrected chi connectivity index (χ2v) is 10.9. The molecule has 0 aromatic heterocycles. The van der Waals surface area contributed by atoms with Gasteiger partial charge in [0, 0.05) is 29.5 Å². The Morgan fingerprint density at radius 1 is 0.974 bits per heavy atom. The topological polar surface area (TPSA) is 109 Å². The van der Waals surface area contributed by atoms with Crippen molar-refractivity contribution >= 4 is 46.4 Å². The van der Waals surface area contributed by atoms with Gasteiger partial charge in [0.25, 0.3) is 0 Å². The summed E-state index contributed by atoms with van der Waals surface area (Å²) in [4.78, 5) is 39.9. The lowest BCUT2D eigenvalue weighted by atomic mass is 9.95. The molecule has 8 nitrogen and oxygen atoms in total. The number of amides is 3. The molecule has 208 valence electrons. The highest BCUT2D eigenvalue weighted by Crippen LogP contribution is 2.30. The van der Waals surface area contributed by atoms with Crippen LogP contribution in [0.2, 0.25) is 0 Å². The smallest absolute Gasteiger partial charge is 0.243 e. The Morgan fingerprint density at radius 3 is 2.54 bits per heavy atom. The second-order valence-electron chi connectivity index (χ2n) is 10.2. The zero-order chi connectivity index (χ0) is 27.7. The Kier molecular flexibility index (Phi) is 10.4. The van der Waals surface area contributed by atoms with E-state index in [1.54, 1.807) is 6.92 Å². The summed E-state index contributed by atoms with van der Waals surface area (Å²) in [6.07, 6.45) is 7.40. The second kappa shape index (κ2) is 13.9. The summed E-state index contributed by atoms with van der Waals surface area (Å²) < 4.78 is 6.89. The first-order valence-corrected chi connectivity index (χ1v) is 15.1. The van der Waals surface area contributed by atoms with E-state index in [0.29, 0.717) is 39.0 Å². The predicted molar refractivity (Wildman–Crippen MR) is 161 cm³/mol. The van der Waals surface area contributed by atoms with Gasteiger partial charge in [-0.2, -0.15) is 0 Å². The van der Waals surface area contributed by atoms with Crippen molar-refractivity contribution in [2.75, 3.05) is 19.7 Å². The summed E-state index contributed by atoms with van der Waals surface area (Å²) >= 11 is 2.30. The van der Waals surface area contributed by atoms with Crippen LogP contribution in [-0.2, 0) is 25.2 Å². The van der Waals surface area contributed by atoms with Crippen LogP contribution in [0.25, 0.3) is 6.08 Å². The fourth-order valence-corrected chi connectivity index (χ4v) is 5.59. The Bertz CT molecular complexity index is 1190. The van der Waals surface area contributed by atoms with Gasteiger partial charge >= 0.3 is 0 Å². The van der Waals surface area contributed by atoms with Gasteiger partial charge in [0.1, 0.15) is 24.4 Å². The molecule has 2 aromatic carbocycles. The molecule has 0 radical (unpaired) electrons. The van der Waals surface area contributed by atoms with E-state index in [1.165, 1.54) is 0 Å². The largest absolute Gasteiger partial charge is 0.492 e. The molecule has 2 aromatic rings. The quantitative estimate of drug-likeness (QED) is 0.303. The van der Waals surface area contributed by atoms with Gasteiger partial charge in [-0.15, -0.1) is 0 Å². The average Bonchev–Trinajstić information content (AvgIpc) is 3.43.